The monoisotopic (exact) mass is 267 g/mol. The summed E-state index contributed by atoms with van der Waals surface area (Å²) in [7, 11) is 0. The Balaban J connectivity index is 2.25. The Labute approximate surface area is 108 Å². The van der Waals surface area contributed by atoms with E-state index in [0.29, 0.717) is 9.92 Å². The van der Waals surface area contributed by atoms with Crippen LogP contribution in [0.3, 0.4) is 0 Å². The summed E-state index contributed by atoms with van der Waals surface area (Å²) >= 11 is 1.26. The highest BCUT2D eigenvalue weighted by molar-refractivity contribution is 7.99. The highest BCUT2D eigenvalue weighted by Gasteiger charge is 2.07. The second kappa shape index (κ2) is 5.46. The molecule has 94 valence electrons. The number of halogens is 2. The fraction of sp³-hybridized carbons (Fsp3) is 0.154. The smallest absolute Gasteiger partial charge is 0.159 e. The summed E-state index contributed by atoms with van der Waals surface area (Å²) in [6.07, 6.45) is 1.56. The Kier molecular flexibility index (Phi) is 3.93. The number of hydrogen-bond acceptors (Lipinski definition) is 3. The molecule has 1 heterocycles. The van der Waals surface area contributed by atoms with Gasteiger partial charge in [0.05, 0.1) is 6.61 Å². The van der Waals surface area contributed by atoms with E-state index >= 15 is 0 Å². The Morgan fingerprint density at radius 1 is 1.22 bits per heavy atom. The first-order valence-electron chi connectivity index (χ1n) is 5.29. The van der Waals surface area contributed by atoms with Crippen LogP contribution in [0, 0.1) is 18.6 Å². The molecule has 5 heteroatoms. The zero-order chi connectivity index (χ0) is 13.1. The zero-order valence-corrected chi connectivity index (χ0v) is 10.5. The van der Waals surface area contributed by atoms with Gasteiger partial charge in [0.15, 0.2) is 11.6 Å². The van der Waals surface area contributed by atoms with Crippen molar-refractivity contribution in [2.75, 3.05) is 0 Å². The van der Waals surface area contributed by atoms with Crippen LogP contribution in [0.25, 0.3) is 0 Å². The summed E-state index contributed by atoms with van der Waals surface area (Å²) < 4.78 is 25.8. The topological polar surface area (TPSA) is 33.1 Å². The van der Waals surface area contributed by atoms with E-state index in [2.05, 4.69) is 4.98 Å². The Morgan fingerprint density at radius 2 is 2.00 bits per heavy atom. The van der Waals surface area contributed by atoms with Crippen molar-refractivity contribution in [2.45, 2.75) is 23.5 Å². The van der Waals surface area contributed by atoms with Crippen molar-refractivity contribution in [3.63, 3.8) is 0 Å². The van der Waals surface area contributed by atoms with Crippen LogP contribution in [0.4, 0.5) is 8.78 Å². The van der Waals surface area contributed by atoms with Gasteiger partial charge in [-0.3, -0.25) is 0 Å². The number of hydrogen-bond donors (Lipinski definition) is 1. The van der Waals surface area contributed by atoms with Gasteiger partial charge in [-0.1, -0.05) is 11.8 Å². The zero-order valence-electron chi connectivity index (χ0n) is 9.65. The van der Waals surface area contributed by atoms with Gasteiger partial charge in [0.2, 0.25) is 0 Å². The molecule has 0 atom stereocenters. The van der Waals surface area contributed by atoms with Crippen LogP contribution in [-0.4, -0.2) is 10.1 Å². The predicted molar refractivity (Wildman–Crippen MR) is 65.4 cm³/mol. The lowest BCUT2D eigenvalue weighted by Gasteiger charge is -2.06. The lowest BCUT2D eigenvalue weighted by atomic mass is 10.2. The Bertz CT molecular complexity index is 575. The molecule has 0 amide bonds. The van der Waals surface area contributed by atoms with Crippen molar-refractivity contribution in [3.05, 3.63) is 53.2 Å². The standard InChI is InChI=1S/C13H11F2NOS/c1-8-4-9(7-17)6-16-13(8)18-10-2-3-11(14)12(15)5-10/h2-6,17H,7H2,1H3. The van der Waals surface area contributed by atoms with E-state index < -0.39 is 11.6 Å². The van der Waals surface area contributed by atoms with Gasteiger partial charge in [0.1, 0.15) is 5.03 Å². The third-order valence-electron chi connectivity index (χ3n) is 2.38. The second-order valence-corrected chi connectivity index (χ2v) is 4.86. The first kappa shape index (κ1) is 13.0. The fourth-order valence-corrected chi connectivity index (χ4v) is 2.31. The third-order valence-corrected chi connectivity index (χ3v) is 3.49. The largest absolute Gasteiger partial charge is 0.392 e. The molecule has 0 radical (unpaired) electrons. The molecular formula is C13H11F2NOS. The molecule has 0 saturated carbocycles. The van der Waals surface area contributed by atoms with Crippen molar-refractivity contribution in [3.8, 4) is 0 Å². The van der Waals surface area contributed by atoms with Crippen molar-refractivity contribution in [1.82, 2.24) is 4.98 Å². The number of nitrogens with zero attached hydrogens (tertiary/aromatic N) is 1. The molecule has 0 bridgehead atoms. The number of aliphatic hydroxyl groups is 1. The van der Waals surface area contributed by atoms with Gasteiger partial charge < -0.3 is 5.11 Å². The molecule has 0 saturated heterocycles. The summed E-state index contributed by atoms with van der Waals surface area (Å²) in [6, 6.07) is 5.55. The molecule has 0 fully saturated rings. The minimum absolute atomic E-state index is 0.0655. The maximum absolute atomic E-state index is 13.1. The number of benzene rings is 1. The van der Waals surface area contributed by atoms with Gasteiger partial charge >= 0.3 is 0 Å². The van der Waals surface area contributed by atoms with Crippen LogP contribution >= 0.6 is 11.8 Å². The quantitative estimate of drug-likeness (QED) is 0.926. The maximum atomic E-state index is 13.1. The SMILES string of the molecule is Cc1cc(CO)cnc1Sc1ccc(F)c(F)c1. The molecule has 0 aliphatic rings. The summed E-state index contributed by atoms with van der Waals surface area (Å²) in [4.78, 5) is 4.77. The number of pyridine rings is 1. The molecule has 0 unspecified atom stereocenters. The highest BCUT2D eigenvalue weighted by atomic mass is 32.2. The molecule has 0 aliphatic carbocycles. The minimum atomic E-state index is -0.871. The molecule has 1 N–H and O–H groups in total. The van der Waals surface area contributed by atoms with Crippen LogP contribution in [0.5, 0.6) is 0 Å². The van der Waals surface area contributed by atoms with Gasteiger partial charge in [-0.05, 0) is 42.3 Å². The summed E-state index contributed by atoms with van der Waals surface area (Å²) in [5, 5.41) is 9.68. The number of aliphatic hydroxyl groups excluding tert-OH is 1. The summed E-state index contributed by atoms with van der Waals surface area (Å²) in [5.41, 5.74) is 1.61. The van der Waals surface area contributed by atoms with Crippen LogP contribution in [-0.2, 0) is 6.61 Å². The number of aromatic nitrogens is 1. The molecule has 2 rings (SSSR count). The van der Waals surface area contributed by atoms with Gasteiger partial charge in [0.25, 0.3) is 0 Å². The molecule has 0 aliphatic heterocycles. The molecular weight excluding hydrogens is 256 g/mol. The van der Waals surface area contributed by atoms with E-state index in [1.54, 1.807) is 6.20 Å². The highest BCUT2D eigenvalue weighted by Crippen LogP contribution is 2.29. The summed E-state index contributed by atoms with van der Waals surface area (Å²) in [6.45, 7) is 1.79. The Hall–Kier alpha value is -1.46. The lowest BCUT2D eigenvalue weighted by molar-refractivity contribution is 0.281. The van der Waals surface area contributed by atoms with E-state index in [1.165, 1.54) is 17.8 Å². The third kappa shape index (κ3) is 2.86. The van der Waals surface area contributed by atoms with Crippen LogP contribution < -0.4 is 0 Å². The number of aryl methyl sites for hydroxylation is 1. The molecule has 1 aromatic carbocycles. The first-order chi connectivity index (χ1) is 8.60. The molecule has 1 aromatic heterocycles. The molecule has 2 nitrogen and oxygen atoms in total. The second-order valence-electron chi connectivity index (χ2n) is 3.80. The van der Waals surface area contributed by atoms with E-state index in [0.717, 1.165) is 23.3 Å². The Morgan fingerprint density at radius 3 is 2.61 bits per heavy atom. The average Bonchev–Trinajstić information content (AvgIpc) is 2.36. The van der Waals surface area contributed by atoms with Crippen molar-refractivity contribution < 1.29 is 13.9 Å². The maximum Gasteiger partial charge on any atom is 0.159 e. The van der Waals surface area contributed by atoms with Crippen LogP contribution in [0.2, 0.25) is 0 Å². The molecule has 18 heavy (non-hydrogen) atoms. The molecule has 0 spiro atoms. The van der Waals surface area contributed by atoms with E-state index in [9.17, 15) is 8.78 Å². The van der Waals surface area contributed by atoms with Gasteiger partial charge in [-0.2, -0.15) is 0 Å². The van der Waals surface area contributed by atoms with Crippen LogP contribution in [0.15, 0.2) is 40.4 Å². The lowest BCUT2D eigenvalue weighted by Crippen LogP contribution is -1.91. The van der Waals surface area contributed by atoms with Crippen molar-refractivity contribution >= 4 is 11.8 Å². The van der Waals surface area contributed by atoms with E-state index in [-0.39, 0.29) is 6.61 Å². The van der Waals surface area contributed by atoms with E-state index in [1.807, 2.05) is 13.0 Å². The minimum Gasteiger partial charge on any atom is -0.392 e. The van der Waals surface area contributed by atoms with Gasteiger partial charge in [-0.15, -0.1) is 0 Å². The first-order valence-corrected chi connectivity index (χ1v) is 6.11. The van der Waals surface area contributed by atoms with Gasteiger partial charge in [0, 0.05) is 11.1 Å². The number of rotatable bonds is 3. The van der Waals surface area contributed by atoms with E-state index in [4.69, 9.17) is 5.11 Å². The van der Waals surface area contributed by atoms with Crippen molar-refractivity contribution in [2.24, 2.45) is 0 Å². The summed E-state index contributed by atoms with van der Waals surface area (Å²) in [5.74, 6) is -1.73. The molecule has 2 aromatic rings. The van der Waals surface area contributed by atoms with Gasteiger partial charge in [-0.25, -0.2) is 13.8 Å². The average molecular weight is 267 g/mol. The van der Waals surface area contributed by atoms with Crippen LogP contribution in [0.1, 0.15) is 11.1 Å². The fourth-order valence-electron chi connectivity index (χ4n) is 1.47. The predicted octanol–water partition coefficient (Wildman–Crippen LogP) is 3.31. The normalized spacial score (nSPS) is 10.7. The van der Waals surface area contributed by atoms with Crippen molar-refractivity contribution in [1.29, 1.82) is 0 Å².